The number of hydrogen-bond acceptors (Lipinski definition) is 3. The number of carbonyl (C=O) groups excluding carboxylic acids is 2. The molecule has 1 heterocycles. The van der Waals surface area contributed by atoms with Crippen LogP contribution in [0.3, 0.4) is 0 Å². The quantitative estimate of drug-likeness (QED) is 0.873. The molecule has 0 aromatic heterocycles. The van der Waals surface area contributed by atoms with Crippen LogP contribution in [-0.2, 0) is 16.9 Å². The molecular formula is C18H13F2N3O2. The molecule has 1 fully saturated rings. The van der Waals surface area contributed by atoms with Gasteiger partial charge in [0.25, 0.3) is 5.91 Å². The summed E-state index contributed by atoms with van der Waals surface area (Å²) in [5.74, 6) is -2.22. The van der Waals surface area contributed by atoms with Gasteiger partial charge in [-0.2, -0.15) is 5.26 Å². The van der Waals surface area contributed by atoms with Crippen LogP contribution in [0, 0.1) is 23.0 Å². The molecule has 7 heteroatoms. The summed E-state index contributed by atoms with van der Waals surface area (Å²) in [6.07, 6.45) is 0. The monoisotopic (exact) mass is 341 g/mol. The number of nitrogens with one attached hydrogen (secondary N) is 1. The van der Waals surface area contributed by atoms with Gasteiger partial charge in [0.1, 0.15) is 17.2 Å². The van der Waals surface area contributed by atoms with Gasteiger partial charge in [-0.05, 0) is 36.8 Å². The molecule has 1 atom stereocenters. The van der Waals surface area contributed by atoms with E-state index in [1.807, 2.05) is 6.07 Å². The minimum atomic E-state index is -1.72. The van der Waals surface area contributed by atoms with E-state index in [0.29, 0.717) is 11.1 Å². The lowest BCUT2D eigenvalue weighted by Gasteiger charge is -2.23. The van der Waals surface area contributed by atoms with E-state index in [4.69, 9.17) is 5.26 Å². The van der Waals surface area contributed by atoms with E-state index in [9.17, 15) is 18.4 Å². The molecule has 126 valence electrons. The number of nitriles is 1. The van der Waals surface area contributed by atoms with Crippen molar-refractivity contribution in [2.24, 2.45) is 0 Å². The van der Waals surface area contributed by atoms with Crippen LogP contribution in [0.1, 0.15) is 23.6 Å². The Bertz CT molecular complexity index is 923. The molecular weight excluding hydrogens is 328 g/mol. The number of rotatable bonds is 3. The largest absolute Gasteiger partial charge is 0.325 e. The summed E-state index contributed by atoms with van der Waals surface area (Å²) in [4.78, 5) is 25.9. The molecule has 0 bridgehead atoms. The van der Waals surface area contributed by atoms with Crippen molar-refractivity contribution in [1.29, 1.82) is 5.26 Å². The molecule has 25 heavy (non-hydrogen) atoms. The molecule has 1 N–H and O–H groups in total. The van der Waals surface area contributed by atoms with Crippen molar-refractivity contribution in [3.8, 4) is 6.07 Å². The molecule has 0 radical (unpaired) electrons. The lowest BCUT2D eigenvalue weighted by molar-refractivity contribution is -0.131. The highest BCUT2D eigenvalue weighted by atomic mass is 19.1. The normalized spacial score (nSPS) is 19.7. The summed E-state index contributed by atoms with van der Waals surface area (Å²) in [7, 11) is 0. The summed E-state index contributed by atoms with van der Waals surface area (Å²) in [6, 6.07) is 10.5. The first-order chi connectivity index (χ1) is 11.9. The number of nitrogens with zero attached hydrogens (tertiary/aromatic N) is 2. The minimum Gasteiger partial charge on any atom is -0.319 e. The average molecular weight is 341 g/mol. The summed E-state index contributed by atoms with van der Waals surface area (Å²) in [5, 5.41) is 11.5. The predicted molar refractivity (Wildman–Crippen MR) is 83.9 cm³/mol. The second kappa shape index (κ2) is 5.98. The Kier molecular flexibility index (Phi) is 3.97. The molecule has 5 nitrogen and oxygen atoms in total. The first-order valence-corrected chi connectivity index (χ1v) is 7.44. The van der Waals surface area contributed by atoms with Crippen molar-refractivity contribution in [3.63, 3.8) is 0 Å². The Hall–Kier alpha value is -3.27. The number of benzene rings is 2. The van der Waals surface area contributed by atoms with Crippen LogP contribution in [-0.4, -0.2) is 16.8 Å². The number of halogens is 2. The molecule has 3 amide bonds. The third kappa shape index (κ3) is 2.72. The number of imide groups is 1. The molecule has 2 aromatic rings. The van der Waals surface area contributed by atoms with Gasteiger partial charge in [0, 0.05) is 5.56 Å². The van der Waals surface area contributed by atoms with E-state index in [1.54, 1.807) is 24.3 Å². The van der Waals surface area contributed by atoms with Crippen molar-refractivity contribution in [1.82, 2.24) is 10.2 Å². The van der Waals surface area contributed by atoms with Crippen LogP contribution in [0.2, 0.25) is 0 Å². The van der Waals surface area contributed by atoms with Crippen molar-refractivity contribution in [2.75, 3.05) is 0 Å². The van der Waals surface area contributed by atoms with E-state index < -0.39 is 29.1 Å². The van der Waals surface area contributed by atoms with Crippen molar-refractivity contribution >= 4 is 11.9 Å². The Labute approximate surface area is 142 Å². The Morgan fingerprint density at radius 3 is 2.64 bits per heavy atom. The van der Waals surface area contributed by atoms with E-state index in [2.05, 4.69) is 5.32 Å². The Morgan fingerprint density at radius 1 is 1.20 bits per heavy atom. The molecule has 0 saturated carbocycles. The second-order valence-corrected chi connectivity index (χ2v) is 5.84. The Balaban J connectivity index is 1.98. The van der Waals surface area contributed by atoms with E-state index >= 15 is 0 Å². The van der Waals surface area contributed by atoms with E-state index in [0.717, 1.165) is 23.1 Å². The zero-order chi connectivity index (χ0) is 18.2. The zero-order valence-electron chi connectivity index (χ0n) is 13.2. The van der Waals surface area contributed by atoms with Crippen LogP contribution in [0.4, 0.5) is 13.6 Å². The van der Waals surface area contributed by atoms with Crippen molar-refractivity contribution in [3.05, 3.63) is 70.8 Å². The standard InChI is InChI=1S/C18H13F2N3O2/c1-18(14-8-13(19)6-7-15(14)20)16(24)23(17(25)22-18)10-12-5-3-2-4-11(12)9-21/h2-8H,10H2,1H3,(H,22,25). The molecule has 1 aliphatic rings. The number of carbonyl (C=O) groups is 2. The molecule has 0 spiro atoms. The molecule has 2 aromatic carbocycles. The van der Waals surface area contributed by atoms with Gasteiger partial charge in [-0.3, -0.25) is 9.69 Å². The second-order valence-electron chi connectivity index (χ2n) is 5.84. The fourth-order valence-electron chi connectivity index (χ4n) is 2.84. The summed E-state index contributed by atoms with van der Waals surface area (Å²) in [6.45, 7) is 1.18. The van der Waals surface area contributed by atoms with Gasteiger partial charge in [0.05, 0.1) is 18.2 Å². The van der Waals surface area contributed by atoms with Gasteiger partial charge in [0.2, 0.25) is 0 Å². The van der Waals surface area contributed by atoms with Crippen LogP contribution < -0.4 is 5.32 Å². The maximum atomic E-state index is 14.1. The van der Waals surface area contributed by atoms with Crippen molar-refractivity contribution < 1.29 is 18.4 Å². The fraction of sp³-hybridized carbons (Fsp3) is 0.167. The van der Waals surface area contributed by atoms with E-state index in [1.165, 1.54) is 6.92 Å². The average Bonchev–Trinajstić information content (AvgIpc) is 2.81. The highest BCUT2D eigenvalue weighted by Crippen LogP contribution is 2.32. The van der Waals surface area contributed by atoms with Gasteiger partial charge in [-0.25, -0.2) is 13.6 Å². The van der Waals surface area contributed by atoms with E-state index in [-0.39, 0.29) is 12.1 Å². The van der Waals surface area contributed by atoms with Crippen LogP contribution >= 0.6 is 0 Å². The van der Waals surface area contributed by atoms with Crippen LogP contribution in [0.25, 0.3) is 0 Å². The number of hydrogen-bond donors (Lipinski definition) is 1. The smallest absolute Gasteiger partial charge is 0.319 e. The van der Waals surface area contributed by atoms with Gasteiger partial charge >= 0.3 is 6.03 Å². The zero-order valence-corrected chi connectivity index (χ0v) is 13.2. The van der Waals surface area contributed by atoms with Gasteiger partial charge in [-0.1, -0.05) is 18.2 Å². The number of amides is 3. The van der Waals surface area contributed by atoms with Crippen LogP contribution in [0.15, 0.2) is 42.5 Å². The summed E-state index contributed by atoms with van der Waals surface area (Å²) >= 11 is 0. The highest BCUT2D eigenvalue weighted by molar-refractivity contribution is 6.07. The SMILES string of the molecule is CC1(c2cc(F)ccc2F)NC(=O)N(Cc2ccccc2C#N)C1=O. The highest BCUT2D eigenvalue weighted by Gasteiger charge is 2.50. The number of urea groups is 1. The third-order valence-electron chi connectivity index (χ3n) is 4.21. The maximum Gasteiger partial charge on any atom is 0.325 e. The van der Waals surface area contributed by atoms with Crippen molar-refractivity contribution in [2.45, 2.75) is 19.0 Å². The summed E-state index contributed by atoms with van der Waals surface area (Å²) in [5.41, 5.74) is -1.15. The van der Waals surface area contributed by atoms with Crippen LogP contribution in [0.5, 0.6) is 0 Å². The molecule has 1 saturated heterocycles. The first kappa shape index (κ1) is 16.6. The summed E-state index contributed by atoms with van der Waals surface area (Å²) < 4.78 is 27.6. The maximum absolute atomic E-state index is 14.1. The molecule has 3 rings (SSSR count). The fourth-order valence-corrected chi connectivity index (χ4v) is 2.84. The van der Waals surface area contributed by atoms with Gasteiger partial charge in [0.15, 0.2) is 0 Å². The van der Waals surface area contributed by atoms with Gasteiger partial charge in [-0.15, -0.1) is 0 Å². The topological polar surface area (TPSA) is 73.2 Å². The lowest BCUT2D eigenvalue weighted by Crippen LogP contribution is -2.41. The predicted octanol–water partition coefficient (Wildman–Crippen LogP) is 2.80. The Morgan fingerprint density at radius 2 is 1.92 bits per heavy atom. The first-order valence-electron chi connectivity index (χ1n) is 7.44. The third-order valence-corrected chi connectivity index (χ3v) is 4.21. The molecule has 1 aliphatic heterocycles. The lowest BCUT2D eigenvalue weighted by atomic mass is 9.91. The minimum absolute atomic E-state index is 0.138. The van der Waals surface area contributed by atoms with Gasteiger partial charge < -0.3 is 5.32 Å². The molecule has 0 aliphatic carbocycles. The molecule has 1 unspecified atom stereocenters.